The number of hydroxylamine groups is 1. The second-order valence-corrected chi connectivity index (χ2v) is 26.9. The topological polar surface area (TPSA) is 55.6 Å². The van der Waals surface area contributed by atoms with Crippen molar-refractivity contribution in [3.05, 3.63) is 52.6 Å². The molecular weight excluding hydrogens is 523 g/mol. The minimum absolute atomic E-state index is 0.000457. The van der Waals surface area contributed by atoms with Crippen LogP contribution in [0.15, 0.2) is 36.9 Å². The third-order valence-electron chi connectivity index (χ3n) is 5.97. The van der Waals surface area contributed by atoms with E-state index < -0.39 is 27.0 Å². The molecule has 0 spiro atoms. The van der Waals surface area contributed by atoms with Gasteiger partial charge in [0.05, 0.1) is 0 Å². The summed E-state index contributed by atoms with van der Waals surface area (Å²) in [5.41, 5.74) is 1.14. The van der Waals surface area contributed by atoms with Gasteiger partial charge in [0, 0.05) is 0 Å². The second kappa shape index (κ2) is 14.5. The second-order valence-electron chi connectivity index (χ2n) is 9.96. The number of nitro groups is 1. The molecule has 0 heterocycles. The molecule has 1 atom stereocenters. The molecule has 0 aliphatic carbocycles. The van der Waals surface area contributed by atoms with Gasteiger partial charge in [0.25, 0.3) is 0 Å². The Morgan fingerprint density at radius 2 is 1.62 bits per heavy atom. The first-order valence-corrected chi connectivity index (χ1v) is 23.2. The molecule has 1 rings (SSSR count). The van der Waals surface area contributed by atoms with Crippen LogP contribution in [0.5, 0.6) is 0 Å². The van der Waals surface area contributed by atoms with Crippen molar-refractivity contribution in [2.24, 2.45) is 0 Å². The number of nitro benzene ring substituents is 1. The van der Waals surface area contributed by atoms with E-state index in [-0.39, 0.29) is 16.7 Å². The Morgan fingerprint density at radius 3 is 2.03 bits per heavy atom. The Bertz CT molecular complexity index is 687. The standard InChI is InChI=1S/C13H19N2O3Si.3C4H9.Sn/c1-5-7-13(14-18-19(2,3)4)11-8-6-9-12(10-11)15(16)17;3*1-3-4-2;/h5-6,8-10,13H,1,7H2,2-4H3;3*1,3-4H2,2H3;/q-1;;;;+1. The van der Waals surface area contributed by atoms with Gasteiger partial charge in [-0.05, 0) is 0 Å². The summed E-state index contributed by atoms with van der Waals surface area (Å²) >= 11 is -2.98. The molecule has 7 heteroatoms. The van der Waals surface area contributed by atoms with Gasteiger partial charge in [0.1, 0.15) is 0 Å². The molecular formula is C25H46N2O3SiSn. The molecule has 32 heavy (non-hydrogen) atoms. The summed E-state index contributed by atoms with van der Waals surface area (Å²) in [5, 5.41) is 11.5. The molecule has 0 bridgehead atoms. The Morgan fingerprint density at radius 1 is 1.09 bits per heavy atom. The van der Waals surface area contributed by atoms with Crippen LogP contribution < -0.4 is 0 Å². The number of nitrogens with zero attached hydrogens (tertiary/aromatic N) is 2. The first-order valence-electron chi connectivity index (χ1n) is 12.5. The molecule has 1 unspecified atom stereocenters. The fourth-order valence-corrected chi connectivity index (χ4v) is 24.6. The summed E-state index contributed by atoms with van der Waals surface area (Å²) in [5.74, 6) is 0. The first kappa shape index (κ1) is 29.3. The monoisotopic (exact) mass is 570 g/mol. The van der Waals surface area contributed by atoms with Crippen LogP contribution in [0.2, 0.25) is 33.0 Å². The number of hydrogen-bond donors (Lipinski definition) is 0. The van der Waals surface area contributed by atoms with Gasteiger partial charge in [-0.1, -0.05) is 0 Å². The molecule has 0 fully saturated rings. The Labute approximate surface area is 202 Å². The molecule has 0 saturated heterocycles. The zero-order valence-corrected chi connectivity index (χ0v) is 25.2. The maximum atomic E-state index is 11.5. The van der Waals surface area contributed by atoms with Gasteiger partial charge in [-0.2, -0.15) is 0 Å². The van der Waals surface area contributed by atoms with Crippen LogP contribution >= 0.6 is 0 Å². The van der Waals surface area contributed by atoms with E-state index in [1.54, 1.807) is 12.1 Å². The molecule has 0 radical (unpaired) electrons. The van der Waals surface area contributed by atoms with Gasteiger partial charge in [-0.15, -0.1) is 0 Å². The van der Waals surface area contributed by atoms with E-state index in [9.17, 15) is 10.1 Å². The summed E-state index contributed by atoms with van der Waals surface area (Å²) < 4.78 is 13.4. The van der Waals surface area contributed by atoms with Gasteiger partial charge >= 0.3 is 203 Å². The van der Waals surface area contributed by atoms with Crippen molar-refractivity contribution in [1.29, 1.82) is 0 Å². The van der Waals surface area contributed by atoms with E-state index in [2.05, 4.69) is 50.3 Å². The Hall–Kier alpha value is -0.704. The van der Waals surface area contributed by atoms with Gasteiger partial charge in [0.2, 0.25) is 0 Å². The molecule has 5 nitrogen and oxygen atoms in total. The van der Waals surface area contributed by atoms with Crippen LogP contribution in [0.25, 0.3) is 0 Å². The van der Waals surface area contributed by atoms with Gasteiger partial charge in [-0.25, -0.2) is 0 Å². The number of hydrogen-bond acceptors (Lipinski definition) is 4. The molecule has 0 saturated carbocycles. The zero-order chi connectivity index (χ0) is 24.2. The fourth-order valence-electron chi connectivity index (χ4n) is 4.38. The van der Waals surface area contributed by atoms with Crippen LogP contribution in [-0.4, -0.2) is 35.2 Å². The fraction of sp³-hybridized carbons (Fsp3) is 0.680. The predicted molar refractivity (Wildman–Crippen MR) is 142 cm³/mol. The van der Waals surface area contributed by atoms with E-state index in [4.69, 9.17) is 4.53 Å². The summed E-state index contributed by atoms with van der Waals surface area (Å²) in [6.45, 7) is 17.7. The van der Waals surface area contributed by atoms with Crippen LogP contribution in [0, 0.1) is 10.1 Å². The normalized spacial score (nSPS) is 13.3. The van der Waals surface area contributed by atoms with Crippen molar-refractivity contribution in [2.45, 2.75) is 105 Å². The van der Waals surface area contributed by atoms with Gasteiger partial charge < -0.3 is 0 Å². The average molecular weight is 569 g/mol. The minimum atomic E-state index is -2.98. The predicted octanol–water partition coefficient (Wildman–Crippen LogP) is 8.63. The third-order valence-corrected chi connectivity index (χ3v) is 22.0. The van der Waals surface area contributed by atoms with E-state index in [1.165, 1.54) is 51.8 Å². The van der Waals surface area contributed by atoms with Crippen molar-refractivity contribution >= 4 is 32.7 Å². The molecule has 0 amide bonds. The third kappa shape index (κ3) is 9.27. The summed E-state index contributed by atoms with van der Waals surface area (Å²) in [6, 6.07) is 7.20. The van der Waals surface area contributed by atoms with E-state index in [0.29, 0.717) is 0 Å². The molecule has 182 valence electrons. The SMILES string of the molecule is C=CCC(c1cccc([N+](=O)[O-])c1)[N](O[Si](C)(C)C)[Sn]([CH2]CCC)([CH2]CCC)[CH2]CCC. The molecule has 1 aromatic rings. The number of benzene rings is 1. The van der Waals surface area contributed by atoms with Crippen LogP contribution in [-0.2, 0) is 4.53 Å². The number of unbranched alkanes of at least 4 members (excludes halogenated alkanes) is 3. The molecule has 0 aliphatic rings. The van der Waals surface area contributed by atoms with Crippen molar-refractivity contribution in [3.8, 4) is 0 Å². The van der Waals surface area contributed by atoms with Crippen molar-refractivity contribution in [2.75, 3.05) is 0 Å². The van der Waals surface area contributed by atoms with Crippen LogP contribution in [0.3, 0.4) is 0 Å². The molecule has 0 aliphatic heterocycles. The molecule has 0 N–H and O–H groups in total. The van der Waals surface area contributed by atoms with Gasteiger partial charge in [-0.3, -0.25) is 0 Å². The average Bonchev–Trinajstić information content (AvgIpc) is 2.75. The molecule has 0 aromatic heterocycles. The Kier molecular flexibility index (Phi) is 13.3. The zero-order valence-electron chi connectivity index (χ0n) is 21.4. The van der Waals surface area contributed by atoms with Crippen LogP contribution in [0.1, 0.15) is 77.3 Å². The van der Waals surface area contributed by atoms with Crippen molar-refractivity contribution in [3.63, 3.8) is 0 Å². The van der Waals surface area contributed by atoms with E-state index in [1.807, 2.05) is 18.2 Å². The van der Waals surface area contributed by atoms with Gasteiger partial charge in [0.15, 0.2) is 0 Å². The first-order chi connectivity index (χ1) is 15.1. The van der Waals surface area contributed by atoms with Crippen LogP contribution in [0.4, 0.5) is 5.69 Å². The summed E-state index contributed by atoms with van der Waals surface area (Å²) in [6.07, 6.45) is 10.0. The van der Waals surface area contributed by atoms with Crippen molar-refractivity contribution in [1.82, 2.24) is 3.28 Å². The summed E-state index contributed by atoms with van der Waals surface area (Å²) in [4.78, 5) is 11.2. The quantitative estimate of drug-likeness (QED) is 0.0816. The number of rotatable bonds is 17. The summed E-state index contributed by atoms with van der Waals surface area (Å²) in [7, 11) is -1.90. The Balaban J connectivity index is 3.67. The number of non-ortho nitro benzene ring substituents is 1. The van der Waals surface area contributed by atoms with Crippen molar-refractivity contribution < 1.29 is 9.45 Å². The van der Waals surface area contributed by atoms with E-state index in [0.717, 1.165) is 12.0 Å². The molecule has 1 aromatic carbocycles. The van der Waals surface area contributed by atoms with E-state index >= 15 is 0 Å². The maximum absolute atomic E-state index is 11.5.